The lowest BCUT2D eigenvalue weighted by atomic mass is 10.1. The number of amides is 2. The molecule has 0 saturated carbocycles. The van der Waals surface area contributed by atoms with Crippen LogP contribution in [0.15, 0.2) is 59.7 Å². The van der Waals surface area contributed by atoms with E-state index in [9.17, 15) is 19.5 Å². The first-order valence-electron chi connectivity index (χ1n) is 12.0. The highest BCUT2D eigenvalue weighted by Crippen LogP contribution is 2.16. The van der Waals surface area contributed by atoms with E-state index in [2.05, 4.69) is 31.4 Å². The number of carbonyl (C=O) groups is 3. The number of benzene rings is 2. The number of guanidine groups is 1. The number of alkyl carbamates (subject to hydrolysis) is 1. The average molecular weight is 508 g/mol. The van der Waals surface area contributed by atoms with Gasteiger partial charge in [-0.1, -0.05) is 30.3 Å². The fourth-order valence-corrected chi connectivity index (χ4v) is 3.76. The van der Waals surface area contributed by atoms with Gasteiger partial charge >= 0.3 is 12.1 Å². The Morgan fingerprint density at radius 1 is 1.16 bits per heavy atom. The van der Waals surface area contributed by atoms with Crippen molar-refractivity contribution in [1.82, 2.24) is 31.0 Å². The van der Waals surface area contributed by atoms with Gasteiger partial charge in [0.2, 0.25) is 0 Å². The Kier molecular flexibility index (Phi) is 8.53. The molecule has 1 unspecified atom stereocenters. The first-order valence-corrected chi connectivity index (χ1v) is 12.0. The third-order valence-corrected chi connectivity index (χ3v) is 5.69. The molecule has 0 aliphatic carbocycles. The lowest BCUT2D eigenvalue weighted by Gasteiger charge is -2.15. The highest BCUT2D eigenvalue weighted by molar-refractivity contribution is 5.98. The number of hydrogen-bond acceptors (Lipinski definition) is 8. The number of rotatable bonds is 11. The summed E-state index contributed by atoms with van der Waals surface area (Å²) in [6.45, 7) is 2.79. The minimum atomic E-state index is -1.35. The van der Waals surface area contributed by atoms with Crippen molar-refractivity contribution in [1.29, 1.82) is 0 Å². The van der Waals surface area contributed by atoms with E-state index in [1.807, 2.05) is 10.7 Å². The van der Waals surface area contributed by atoms with Gasteiger partial charge in [0.05, 0.1) is 18.3 Å². The highest BCUT2D eigenvalue weighted by atomic mass is 16.5. The van der Waals surface area contributed by atoms with Crippen LogP contribution < -0.4 is 21.3 Å². The molecule has 1 aromatic heterocycles. The van der Waals surface area contributed by atoms with Crippen molar-refractivity contribution in [2.75, 3.05) is 26.2 Å². The van der Waals surface area contributed by atoms with Gasteiger partial charge in [0.25, 0.3) is 5.91 Å². The molecule has 0 radical (unpaired) electrons. The molecule has 2 heterocycles. The number of aromatic nitrogens is 2. The number of carboxylic acid groups (broad SMARTS) is 1. The van der Waals surface area contributed by atoms with Crippen LogP contribution in [0.2, 0.25) is 0 Å². The normalized spacial score (nSPS) is 13.4. The monoisotopic (exact) mass is 507 g/mol. The second kappa shape index (κ2) is 12.4. The summed E-state index contributed by atoms with van der Waals surface area (Å²) in [4.78, 5) is 40.5. The predicted octanol–water partition coefficient (Wildman–Crippen LogP) is 1.08. The molecule has 2 amide bonds. The van der Waals surface area contributed by atoms with E-state index in [1.165, 1.54) is 0 Å². The number of hydrogen-bond donors (Lipinski definition) is 5. The predicted molar refractivity (Wildman–Crippen MR) is 136 cm³/mol. The van der Waals surface area contributed by atoms with Crippen LogP contribution in [0, 0.1) is 0 Å². The topological polar surface area (TPSA) is 159 Å². The average Bonchev–Trinajstić information content (AvgIpc) is 3.57. The third-order valence-electron chi connectivity index (χ3n) is 5.69. The summed E-state index contributed by atoms with van der Waals surface area (Å²) in [6.07, 6.45) is 1.64. The molecule has 4 rings (SSSR count). The molecular formula is C25H29N7O5. The number of aliphatic carboxylic acids is 1. The number of carboxylic acids is 1. The first kappa shape index (κ1) is 25.5. The van der Waals surface area contributed by atoms with E-state index in [4.69, 9.17) is 4.74 Å². The van der Waals surface area contributed by atoms with Crippen molar-refractivity contribution in [2.45, 2.75) is 25.6 Å². The van der Waals surface area contributed by atoms with Gasteiger partial charge < -0.3 is 31.1 Å². The molecule has 3 aromatic rings. The second-order valence-electron chi connectivity index (χ2n) is 8.39. The summed E-state index contributed by atoms with van der Waals surface area (Å²) < 4.78 is 6.93. The maximum absolute atomic E-state index is 12.7. The van der Waals surface area contributed by atoms with Crippen LogP contribution in [-0.2, 0) is 22.7 Å². The minimum absolute atomic E-state index is 0.00206. The Morgan fingerprint density at radius 3 is 2.76 bits per heavy atom. The van der Waals surface area contributed by atoms with E-state index < -0.39 is 24.0 Å². The lowest BCUT2D eigenvalue weighted by Crippen LogP contribution is -2.48. The van der Waals surface area contributed by atoms with E-state index in [1.54, 1.807) is 48.7 Å². The number of ether oxygens (including phenoxy) is 1. The van der Waals surface area contributed by atoms with Gasteiger partial charge in [-0.05, 0) is 30.2 Å². The summed E-state index contributed by atoms with van der Waals surface area (Å²) >= 11 is 0. The molecule has 0 fully saturated rings. The summed E-state index contributed by atoms with van der Waals surface area (Å²) in [5.41, 5.74) is 2.01. The van der Waals surface area contributed by atoms with Crippen LogP contribution in [0.25, 0.3) is 10.9 Å². The van der Waals surface area contributed by atoms with Crippen molar-refractivity contribution in [2.24, 2.45) is 4.99 Å². The molecule has 0 bridgehead atoms. The van der Waals surface area contributed by atoms with Crippen LogP contribution in [0.4, 0.5) is 4.79 Å². The maximum Gasteiger partial charge on any atom is 0.408 e. The Morgan fingerprint density at radius 2 is 2.00 bits per heavy atom. The molecule has 1 aliphatic rings. The summed E-state index contributed by atoms with van der Waals surface area (Å²) in [5.74, 6) is -0.932. The maximum atomic E-state index is 12.7. The van der Waals surface area contributed by atoms with Crippen LogP contribution in [-0.4, -0.2) is 71.0 Å². The highest BCUT2D eigenvalue weighted by Gasteiger charge is 2.22. The molecule has 12 nitrogen and oxygen atoms in total. The molecule has 0 spiro atoms. The fraction of sp³-hybridized carbons (Fsp3) is 0.320. The molecule has 37 heavy (non-hydrogen) atoms. The Hall–Kier alpha value is -4.61. The van der Waals surface area contributed by atoms with E-state index >= 15 is 0 Å². The molecule has 0 saturated heterocycles. The van der Waals surface area contributed by atoms with Crippen molar-refractivity contribution in [3.8, 4) is 0 Å². The Balaban J connectivity index is 1.26. The standard InChI is InChI=1S/C25H29N7O5/c33-22(29-15-20(23(34)35)31-25(36)37-16-17-5-2-1-3-6-17)18-7-8-21-19(13-18)14-30-32(21)12-4-9-26-24-27-10-11-28-24/h1-3,5-8,13-14,20H,4,9-12,15-16H2,(H,29,33)(H,31,36)(H,34,35)(H2,26,27,28). The Labute approximate surface area is 213 Å². The number of carbonyl (C=O) groups excluding carboxylic acids is 2. The quantitative estimate of drug-likeness (QED) is 0.241. The smallest absolute Gasteiger partial charge is 0.408 e. The third kappa shape index (κ3) is 7.19. The van der Waals surface area contributed by atoms with Gasteiger partial charge in [-0.15, -0.1) is 0 Å². The van der Waals surface area contributed by atoms with Crippen molar-refractivity contribution in [3.63, 3.8) is 0 Å². The zero-order valence-electron chi connectivity index (χ0n) is 20.1. The minimum Gasteiger partial charge on any atom is -0.480 e. The van der Waals surface area contributed by atoms with Gasteiger partial charge in [-0.25, -0.2) is 9.59 Å². The zero-order chi connectivity index (χ0) is 26.0. The van der Waals surface area contributed by atoms with Crippen LogP contribution in [0.3, 0.4) is 0 Å². The Bertz CT molecular complexity index is 1270. The lowest BCUT2D eigenvalue weighted by molar-refractivity contribution is -0.139. The second-order valence-corrected chi connectivity index (χ2v) is 8.39. The van der Waals surface area contributed by atoms with Gasteiger partial charge in [0.1, 0.15) is 12.6 Å². The molecule has 5 N–H and O–H groups in total. The first-order chi connectivity index (χ1) is 18.0. The fourth-order valence-electron chi connectivity index (χ4n) is 3.76. The van der Waals surface area contributed by atoms with E-state index in [-0.39, 0.29) is 13.2 Å². The number of fused-ring (bicyclic) bond motifs is 1. The van der Waals surface area contributed by atoms with Crippen LogP contribution >= 0.6 is 0 Å². The number of aliphatic imine (C=N–C) groups is 1. The van der Waals surface area contributed by atoms with Crippen LogP contribution in [0.1, 0.15) is 22.3 Å². The molecule has 1 atom stereocenters. The SMILES string of the molecule is O=C(NC(CNC(=O)c1ccc2c(cnn2CCCNC2=NCCN2)c1)C(=O)O)OCc1ccccc1. The molecule has 194 valence electrons. The zero-order valence-corrected chi connectivity index (χ0v) is 20.1. The molecule has 1 aliphatic heterocycles. The van der Waals surface area contributed by atoms with Crippen LogP contribution in [0.5, 0.6) is 0 Å². The summed E-state index contributed by atoms with van der Waals surface area (Å²) in [5, 5.41) is 25.9. The number of aryl methyl sites for hydroxylation is 1. The largest absolute Gasteiger partial charge is 0.480 e. The van der Waals surface area contributed by atoms with Gasteiger partial charge in [0, 0.05) is 37.1 Å². The molecule has 12 heteroatoms. The van der Waals surface area contributed by atoms with Gasteiger partial charge in [-0.2, -0.15) is 5.10 Å². The number of nitrogens with zero attached hydrogens (tertiary/aromatic N) is 3. The van der Waals surface area contributed by atoms with Gasteiger partial charge in [-0.3, -0.25) is 14.5 Å². The van der Waals surface area contributed by atoms with Gasteiger partial charge in [0.15, 0.2) is 5.96 Å². The van der Waals surface area contributed by atoms with Crippen molar-refractivity contribution >= 4 is 34.8 Å². The van der Waals surface area contributed by atoms with E-state index in [0.717, 1.165) is 48.5 Å². The molecule has 2 aromatic carbocycles. The van der Waals surface area contributed by atoms with E-state index in [0.29, 0.717) is 12.1 Å². The summed E-state index contributed by atoms with van der Waals surface area (Å²) in [7, 11) is 0. The number of nitrogens with one attached hydrogen (secondary N) is 4. The summed E-state index contributed by atoms with van der Waals surface area (Å²) in [6, 6.07) is 12.8. The van der Waals surface area contributed by atoms with Crippen molar-refractivity contribution in [3.05, 3.63) is 65.9 Å². The van der Waals surface area contributed by atoms with Crippen molar-refractivity contribution < 1.29 is 24.2 Å². The molecular weight excluding hydrogens is 478 g/mol.